The summed E-state index contributed by atoms with van der Waals surface area (Å²) in [6, 6.07) is 70.8. The number of para-hydroxylation sites is 6. The predicted molar refractivity (Wildman–Crippen MR) is 217 cm³/mol. The fraction of sp³-hybridized carbons (Fsp3) is 0. The lowest BCUT2D eigenvalue weighted by Crippen LogP contribution is -2.14. The van der Waals surface area contributed by atoms with Crippen LogP contribution in [0.15, 0.2) is 205 Å². The Morgan fingerprint density at radius 1 is 0.346 bits per heavy atom. The fourth-order valence-electron chi connectivity index (χ4n) is 7.68. The van der Waals surface area contributed by atoms with Crippen molar-refractivity contribution in [2.75, 3.05) is 9.80 Å². The fourth-order valence-corrected chi connectivity index (χ4v) is 7.68. The van der Waals surface area contributed by atoms with Crippen molar-refractivity contribution in [3.05, 3.63) is 200 Å². The molecule has 2 aromatic heterocycles. The molecule has 0 amide bonds. The zero-order valence-electron chi connectivity index (χ0n) is 28.3. The van der Waals surface area contributed by atoms with Crippen molar-refractivity contribution in [1.82, 2.24) is 4.57 Å². The first-order chi connectivity index (χ1) is 25.8. The Morgan fingerprint density at radius 3 is 1.35 bits per heavy atom. The van der Waals surface area contributed by atoms with E-state index in [2.05, 4.69) is 208 Å². The number of hydrogen-bond acceptors (Lipinski definition) is 3. The molecular weight excluding hydrogens is 635 g/mol. The highest BCUT2D eigenvalue weighted by atomic mass is 16.3. The summed E-state index contributed by atoms with van der Waals surface area (Å²) < 4.78 is 9.04. The highest BCUT2D eigenvalue weighted by molar-refractivity contribution is 6.23. The van der Waals surface area contributed by atoms with Crippen molar-refractivity contribution in [1.29, 1.82) is 0 Å². The molecule has 10 aromatic rings. The summed E-state index contributed by atoms with van der Waals surface area (Å²) in [6.07, 6.45) is 0. The number of aromatic nitrogens is 1. The summed E-state index contributed by atoms with van der Waals surface area (Å²) in [7, 11) is 0. The molecule has 10 rings (SSSR count). The molecule has 0 aliphatic heterocycles. The second-order valence-electron chi connectivity index (χ2n) is 13.0. The van der Waals surface area contributed by atoms with Crippen molar-refractivity contribution < 1.29 is 4.42 Å². The van der Waals surface area contributed by atoms with Gasteiger partial charge in [-0.15, -0.1) is 0 Å². The molecule has 0 N–H and O–H groups in total. The van der Waals surface area contributed by atoms with E-state index in [-0.39, 0.29) is 0 Å². The lowest BCUT2D eigenvalue weighted by molar-refractivity contribution is 0.673. The average molecular weight is 668 g/mol. The van der Waals surface area contributed by atoms with E-state index in [1.54, 1.807) is 0 Å². The summed E-state index contributed by atoms with van der Waals surface area (Å²) in [6.45, 7) is 0. The van der Waals surface area contributed by atoms with Crippen LogP contribution in [0, 0.1) is 0 Å². The van der Waals surface area contributed by atoms with E-state index in [1.807, 2.05) is 6.07 Å². The Balaban J connectivity index is 1.31. The summed E-state index contributed by atoms with van der Waals surface area (Å²) in [4.78, 5) is 4.68. The minimum Gasteiger partial charge on any atom is -0.455 e. The second kappa shape index (κ2) is 12.4. The SMILES string of the molecule is c1ccc(N(c2ccccc2)c2cc(N(c3ccccc3)c3ccccc3)cc(-n3c4ccccc4c4c5oc6ccccc6c5ccc43)c2)cc1. The van der Waals surface area contributed by atoms with Crippen LogP contribution in [0.1, 0.15) is 0 Å². The van der Waals surface area contributed by atoms with E-state index < -0.39 is 0 Å². The minimum absolute atomic E-state index is 0.897. The Kier molecular flexibility index (Phi) is 7.10. The van der Waals surface area contributed by atoms with Gasteiger partial charge in [0.15, 0.2) is 0 Å². The Bertz CT molecular complexity index is 2660. The van der Waals surface area contributed by atoms with E-state index in [0.717, 1.165) is 83.6 Å². The molecule has 0 aliphatic carbocycles. The van der Waals surface area contributed by atoms with Gasteiger partial charge in [-0.3, -0.25) is 0 Å². The van der Waals surface area contributed by atoms with Crippen LogP contribution in [0.3, 0.4) is 0 Å². The van der Waals surface area contributed by atoms with Gasteiger partial charge in [0.2, 0.25) is 0 Å². The first kappa shape index (κ1) is 29.8. The molecule has 0 atom stereocenters. The van der Waals surface area contributed by atoms with Crippen molar-refractivity contribution in [3.8, 4) is 5.69 Å². The third-order valence-electron chi connectivity index (χ3n) is 9.90. The van der Waals surface area contributed by atoms with Gasteiger partial charge in [0.1, 0.15) is 11.2 Å². The smallest absolute Gasteiger partial charge is 0.145 e. The molecule has 0 radical (unpaired) electrons. The third-order valence-corrected chi connectivity index (χ3v) is 9.90. The number of nitrogens with zero attached hydrogens (tertiary/aromatic N) is 3. The van der Waals surface area contributed by atoms with Gasteiger partial charge in [-0.25, -0.2) is 0 Å². The third kappa shape index (κ3) is 4.92. The first-order valence-electron chi connectivity index (χ1n) is 17.6. The molecule has 0 unspecified atom stereocenters. The summed E-state index contributed by atoms with van der Waals surface area (Å²) in [5.41, 5.74) is 11.5. The van der Waals surface area contributed by atoms with Crippen LogP contribution in [0.5, 0.6) is 0 Å². The standard InChI is InChI=1S/C48H33N3O/c1-5-17-34(18-6-1)49(35-19-7-2-8-20-35)38-31-39(50(36-21-9-3-10-22-36)37-23-11-4-12-24-37)33-40(32-38)51-44-27-15-13-26-43(44)47-45(51)30-29-42-41-25-14-16-28-46(41)52-48(42)47/h1-33H. The molecule has 0 bridgehead atoms. The minimum atomic E-state index is 0.897. The van der Waals surface area contributed by atoms with E-state index in [9.17, 15) is 0 Å². The molecular formula is C48H33N3O. The number of rotatable bonds is 7. The molecule has 4 heteroatoms. The number of benzene rings is 8. The van der Waals surface area contributed by atoms with Crippen molar-refractivity contribution >= 4 is 77.9 Å². The van der Waals surface area contributed by atoms with Crippen LogP contribution in [0.4, 0.5) is 34.1 Å². The van der Waals surface area contributed by atoms with Crippen LogP contribution in [-0.2, 0) is 0 Å². The number of fused-ring (bicyclic) bond motifs is 7. The molecule has 0 spiro atoms. The molecule has 0 fully saturated rings. The first-order valence-corrected chi connectivity index (χ1v) is 17.6. The molecule has 0 saturated heterocycles. The monoisotopic (exact) mass is 667 g/mol. The van der Waals surface area contributed by atoms with Gasteiger partial charge in [-0.2, -0.15) is 0 Å². The van der Waals surface area contributed by atoms with E-state index >= 15 is 0 Å². The van der Waals surface area contributed by atoms with Gasteiger partial charge in [-0.1, -0.05) is 109 Å². The lowest BCUT2D eigenvalue weighted by atomic mass is 10.1. The van der Waals surface area contributed by atoms with Gasteiger partial charge in [0.25, 0.3) is 0 Å². The normalized spacial score (nSPS) is 11.5. The summed E-state index contributed by atoms with van der Waals surface area (Å²) in [5.74, 6) is 0. The zero-order valence-corrected chi connectivity index (χ0v) is 28.3. The van der Waals surface area contributed by atoms with Gasteiger partial charge in [-0.05, 0) is 91.0 Å². The topological polar surface area (TPSA) is 24.6 Å². The van der Waals surface area contributed by atoms with Gasteiger partial charge >= 0.3 is 0 Å². The molecule has 4 nitrogen and oxygen atoms in total. The maximum atomic E-state index is 6.65. The number of anilines is 6. The van der Waals surface area contributed by atoms with E-state index in [4.69, 9.17) is 4.42 Å². The molecule has 2 heterocycles. The van der Waals surface area contributed by atoms with Crippen molar-refractivity contribution in [2.24, 2.45) is 0 Å². The highest BCUT2D eigenvalue weighted by Gasteiger charge is 2.23. The van der Waals surface area contributed by atoms with Crippen LogP contribution in [0.2, 0.25) is 0 Å². The summed E-state index contributed by atoms with van der Waals surface area (Å²) in [5, 5.41) is 4.52. The Hall–Kier alpha value is -7.04. The molecule has 0 saturated carbocycles. The summed E-state index contributed by atoms with van der Waals surface area (Å²) >= 11 is 0. The molecule has 52 heavy (non-hydrogen) atoms. The van der Waals surface area contributed by atoms with E-state index in [0.29, 0.717) is 0 Å². The predicted octanol–water partition coefficient (Wildman–Crippen LogP) is 13.6. The zero-order chi connectivity index (χ0) is 34.4. The average Bonchev–Trinajstić information content (AvgIpc) is 3.76. The van der Waals surface area contributed by atoms with Gasteiger partial charge in [0.05, 0.1) is 33.5 Å². The van der Waals surface area contributed by atoms with Crippen LogP contribution in [-0.4, -0.2) is 4.57 Å². The molecule has 246 valence electrons. The maximum Gasteiger partial charge on any atom is 0.145 e. The number of hydrogen-bond donors (Lipinski definition) is 0. The Morgan fingerprint density at radius 2 is 0.808 bits per heavy atom. The van der Waals surface area contributed by atoms with E-state index in [1.165, 1.54) is 0 Å². The van der Waals surface area contributed by atoms with Crippen molar-refractivity contribution in [2.45, 2.75) is 0 Å². The van der Waals surface area contributed by atoms with Crippen LogP contribution < -0.4 is 9.80 Å². The molecule has 8 aromatic carbocycles. The lowest BCUT2D eigenvalue weighted by Gasteiger charge is -2.30. The Labute approximate surface area is 301 Å². The van der Waals surface area contributed by atoms with Crippen LogP contribution >= 0.6 is 0 Å². The maximum absolute atomic E-state index is 6.65. The van der Waals surface area contributed by atoms with Gasteiger partial charge in [0, 0.05) is 38.9 Å². The van der Waals surface area contributed by atoms with Crippen molar-refractivity contribution in [3.63, 3.8) is 0 Å². The van der Waals surface area contributed by atoms with Gasteiger partial charge < -0.3 is 18.8 Å². The number of furan rings is 1. The molecule has 0 aliphatic rings. The quantitative estimate of drug-likeness (QED) is 0.169. The highest BCUT2D eigenvalue weighted by Crippen LogP contribution is 2.45. The largest absolute Gasteiger partial charge is 0.455 e. The van der Waals surface area contributed by atoms with Crippen LogP contribution in [0.25, 0.3) is 49.4 Å². The second-order valence-corrected chi connectivity index (χ2v) is 13.0.